The van der Waals surface area contributed by atoms with Gasteiger partial charge in [0.2, 0.25) is 0 Å². The number of nitrogens with one attached hydrogen (secondary N) is 1. The van der Waals surface area contributed by atoms with Crippen molar-refractivity contribution in [2.75, 3.05) is 6.54 Å². The fraction of sp³-hybridized carbons (Fsp3) is 0.733. The summed E-state index contributed by atoms with van der Waals surface area (Å²) >= 11 is 0. The van der Waals surface area contributed by atoms with E-state index in [4.69, 9.17) is 0 Å². The first-order valence-electron chi connectivity index (χ1n) is 6.94. The first-order chi connectivity index (χ1) is 8.45. The predicted molar refractivity (Wildman–Crippen MR) is 76.3 cm³/mol. The Hall–Kier alpha value is -0.960. The van der Waals surface area contributed by atoms with E-state index in [0.717, 1.165) is 25.1 Å². The third-order valence-corrected chi connectivity index (χ3v) is 3.65. The average Bonchev–Trinajstić information content (AvgIpc) is 2.34. The molecule has 0 aliphatic rings. The zero-order valence-corrected chi connectivity index (χ0v) is 12.4. The first-order valence-corrected chi connectivity index (χ1v) is 6.94. The number of hydrogen-bond donors (Lipinski definition) is 1. The Morgan fingerprint density at radius 3 is 2.50 bits per heavy atom. The number of aromatic nitrogens is 2. The number of rotatable bonds is 6. The van der Waals surface area contributed by atoms with Crippen LogP contribution in [0.15, 0.2) is 18.6 Å². The van der Waals surface area contributed by atoms with Crippen molar-refractivity contribution in [3.05, 3.63) is 24.3 Å². The zero-order valence-electron chi connectivity index (χ0n) is 12.4. The lowest BCUT2D eigenvalue weighted by atomic mass is 9.78. The lowest BCUT2D eigenvalue weighted by Gasteiger charge is -2.31. The highest BCUT2D eigenvalue weighted by Crippen LogP contribution is 2.32. The van der Waals surface area contributed by atoms with Crippen molar-refractivity contribution >= 4 is 0 Å². The summed E-state index contributed by atoms with van der Waals surface area (Å²) in [4.78, 5) is 8.62. The van der Waals surface area contributed by atoms with Gasteiger partial charge < -0.3 is 5.32 Å². The van der Waals surface area contributed by atoms with Crippen LogP contribution >= 0.6 is 0 Å². The van der Waals surface area contributed by atoms with Crippen molar-refractivity contribution < 1.29 is 0 Å². The maximum absolute atomic E-state index is 4.44. The molecule has 0 radical (unpaired) electrons. The van der Waals surface area contributed by atoms with Crippen LogP contribution in [-0.4, -0.2) is 16.5 Å². The van der Waals surface area contributed by atoms with Crippen LogP contribution in [-0.2, 0) is 0 Å². The Labute approximate surface area is 111 Å². The summed E-state index contributed by atoms with van der Waals surface area (Å²) < 4.78 is 0. The molecular formula is C15H27N3. The molecule has 1 aromatic heterocycles. The first kappa shape index (κ1) is 15.1. The van der Waals surface area contributed by atoms with E-state index in [1.807, 2.05) is 6.20 Å². The predicted octanol–water partition coefficient (Wildman–Crippen LogP) is 3.59. The second kappa shape index (κ2) is 6.83. The van der Waals surface area contributed by atoms with Gasteiger partial charge in [-0.25, -0.2) is 0 Å². The summed E-state index contributed by atoms with van der Waals surface area (Å²) in [6.07, 6.45) is 7.62. The van der Waals surface area contributed by atoms with Crippen molar-refractivity contribution in [3.63, 3.8) is 0 Å². The van der Waals surface area contributed by atoms with Gasteiger partial charge in [0.05, 0.1) is 11.7 Å². The molecule has 3 heteroatoms. The number of nitrogens with zero attached hydrogens (tertiary/aromatic N) is 2. The minimum Gasteiger partial charge on any atom is -0.309 e. The Morgan fingerprint density at radius 1 is 1.28 bits per heavy atom. The van der Waals surface area contributed by atoms with E-state index in [9.17, 15) is 0 Å². The van der Waals surface area contributed by atoms with Gasteiger partial charge in [-0.3, -0.25) is 9.97 Å². The molecule has 0 aliphatic heterocycles. The standard InChI is InChI=1S/C15H27N3/c1-6-7-17-13(10-12(2)15(3,4)5)14-11-16-8-9-18-14/h8-9,11-13,17H,6-7,10H2,1-5H3. The second-order valence-corrected chi connectivity index (χ2v) is 6.14. The highest BCUT2D eigenvalue weighted by atomic mass is 14.9. The van der Waals surface area contributed by atoms with Gasteiger partial charge in [-0.05, 0) is 30.7 Å². The number of hydrogen-bond acceptors (Lipinski definition) is 3. The van der Waals surface area contributed by atoms with Crippen LogP contribution in [0.25, 0.3) is 0 Å². The Morgan fingerprint density at radius 2 is 2.00 bits per heavy atom. The molecular weight excluding hydrogens is 222 g/mol. The van der Waals surface area contributed by atoms with Crippen LogP contribution < -0.4 is 5.32 Å². The van der Waals surface area contributed by atoms with Gasteiger partial charge in [0, 0.05) is 18.6 Å². The summed E-state index contributed by atoms with van der Waals surface area (Å²) in [5.74, 6) is 0.633. The van der Waals surface area contributed by atoms with E-state index in [-0.39, 0.29) is 0 Å². The molecule has 1 N–H and O–H groups in total. The molecule has 0 aliphatic carbocycles. The topological polar surface area (TPSA) is 37.8 Å². The van der Waals surface area contributed by atoms with Gasteiger partial charge in [0.15, 0.2) is 0 Å². The van der Waals surface area contributed by atoms with Crippen LogP contribution in [0.4, 0.5) is 0 Å². The minimum absolute atomic E-state index is 0.313. The molecule has 1 rings (SSSR count). The van der Waals surface area contributed by atoms with Gasteiger partial charge in [-0.2, -0.15) is 0 Å². The smallest absolute Gasteiger partial charge is 0.0756 e. The summed E-state index contributed by atoms with van der Waals surface area (Å²) in [5.41, 5.74) is 1.39. The molecule has 0 aromatic carbocycles. The maximum atomic E-state index is 4.44. The van der Waals surface area contributed by atoms with Gasteiger partial charge in [0.25, 0.3) is 0 Å². The molecule has 0 bridgehead atoms. The monoisotopic (exact) mass is 249 g/mol. The molecule has 1 aromatic rings. The summed E-state index contributed by atoms with van der Waals surface area (Å²) in [6, 6.07) is 0.313. The molecule has 0 amide bonds. The van der Waals surface area contributed by atoms with Crippen LogP contribution in [0.3, 0.4) is 0 Å². The molecule has 0 spiro atoms. The normalized spacial score (nSPS) is 15.4. The van der Waals surface area contributed by atoms with Gasteiger partial charge in [0.1, 0.15) is 0 Å². The van der Waals surface area contributed by atoms with Crippen molar-refractivity contribution in [1.29, 1.82) is 0 Å². The van der Waals surface area contributed by atoms with Crippen LogP contribution in [0.2, 0.25) is 0 Å². The van der Waals surface area contributed by atoms with Crippen molar-refractivity contribution in [1.82, 2.24) is 15.3 Å². The van der Waals surface area contributed by atoms with Crippen LogP contribution in [0, 0.1) is 11.3 Å². The molecule has 1 heterocycles. The largest absolute Gasteiger partial charge is 0.309 e. The summed E-state index contributed by atoms with van der Waals surface area (Å²) in [7, 11) is 0. The zero-order chi connectivity index (χ0) is 13.6. The SMILES string of the molecule is CCCNC(CC(C)C(C)(C)C)c1cnccn1. The van der Waals surface area contributed by atoms with E-state index in [2.05, 4.69) is 49.9 Å². The lowest BCUT2D eigenvalue weighted by molar-refractivity contribution is 0.222. The van der Waals surface area contributed by atoms with E-state index < -0.39 is 0 Å². The lowest BCUT2D eigenvalue weighted by Crippen LogP contribution is -2.28. The van der Waals surface area contributed by atoms with Crippen molar-refractivity contribution in [3.8, 4) is 0 Å². The quantitative estimate of drug-likeness (QED) is 0.837. The van der Waals surface area contributed by atoms with E-state index in [1.54, 1.807) is 12.4 Å². The Kier molecular flexibility index (Phi) is 5.73. The van der Waals surface area contributed by atoms with E-state index in [1.165, 1.54) is 0 Å². The Bertz CT molecular complexity index is 329. The molecule has 0 saturated heterocycles. The molecule has 2 unspecified atom stereocenters. The van der Waals surface area contributed by atoms with Crippen LogP contribution in [0.5, 0.6) is 0 Å². The van der Waals surface area contributed by atoms with Gasteiger partial charge in [-0.1, -0.05) is 34.6 Å². The van der Waals surface area contributed by atoms with E-state index >= 15 is 0 Å². The molecule has 102 valence electrons. The third-order valence-electron chi connectivity index (χ3n) is 3.65. The highest BCUT2D eigenvalue weighted by Gasteiger charge is 2.24. The molecule has 0 saturated carbocycles. The van der Waals surface area contributed by atoms with Crippen molar-refractivity contribution in [2.24, 2.45) is 11.3 Å². The van der Waals surface area contributed by atoms with Crippen molar-refractivity contribution in [2.45, 2.75) is 53.5 Å². The fourth-order valence-corrected chi connectivity index (χ4v) is 1.82. The van der Waals surface area contributed by atoms with Gasteiger partial charge >= 0.3 is 0 Å². The van der Waals surface area contributed by atoms with E-state index in [0.29, 0.717) is 17.4 Å². The summed E-state index contributed by atoms with van der Waals surface area (Å²) in [6.45, 7) is 12.4. The Balaban J connectivity index is 2.73. The average molecular weight is 249 g/mol. The second-order valence-electron chi connectivity index (χ2n) is 6.14. The molecule has 3 nitrogen and oxygen atoms in total. The minimum atomic E-state index is 0.313. The molecule has 2 atom stereocenters. The maximum Gasteiger partial charge on any atom is 0.0756 e. The van der Waals surface area contributed by atoms with Crippen LogP contribution in [0.1, 0.15) is 59.2 Å². The summed E-state index contributed by atoms with van der Waals surface area (Å²) in [5, 5.41) is 3.59. The highest BCUT2D eigenvalue weighted by molar-refractivity contribution is 5.03. The van der Waals surface area contributed by atoms with Gasteiger partial charge in [-0.15, -0.1) is 0 Å². The third kappa shape index (κ3) is 4.73. The fourth-order valence-electron chi connectivity index (χ4n) is 1.82. The molecule has 0 fully saturated rings. The molecule has 18 heavy (non-hydrogen) atoms.